The second-order valence-electron chi connectivity index (χ2n) is 9.09. The minimum absolute atomic E-state index is 0.241. The first-order valence-corrected chi connectivity index (χ1v) is 13.2. The molecule has 0 aliphatic carbocycles. The highest BCUT2D eigenvalue weighted by Gasteiger charge is 2.14. The maximum absolute atomic E-state index is 12.7. The zero-order valence-electron chi connectivity index (χ0n) is 21.3. The van der Waals surface area contributed by atoms with Crippen LogP contribution in [0, 0.1) is 6.92 Å². The van der Waals surface area contributed by atoms with Crippen molar-refractivity contribution in [3.63, 3.8) is 0 Å². The second-order valence-corrected chi connectivity index (χ2v) is 10.5. The zero-order chi connectivity index (χ0) is 26.2. The van der Waals surface area contributed by atoms with Crippen LogP contribution in [0.5, 0.6) is 0 Å². The van der Waals surface area contributed by atoms with Gasteiger partial charge in [0.1, 0.15) is 10.1 Å². The van der Waals surface area contributed by atoms with Gasteiger partial charge in [-0.3, -0.25) is 4.79 Å². The highest BCUT2D eigenvalue weighted by Crippen LogP contribution is 2.25. The van der Waals surface area contributed by atoms with E-state index in [0.29, 0.717) is 5.56 Å². The van der Waals surface area contributed by atoms with E-state index < -0.39 is 10.1 Å². The molecule has 7 heteroatoms. The summed E-state index contributed by atoms with van der Waals surface area (Å²) in [5.74, 6) is -0.387. The van der Waals surface area contributed by atoms with Crippen LogP contribution in [0.3, 0.4) is 0 Å². The fraction of sp³-hybridized carbons (Fsp3) is 0.321. The third kappa shape index (κ3) is 8.31. The van der Waals surface area contributed by atoms with Gasteiger partial charge in [-0.15, -0.1) is 0 Å². The number of hydrogen-bond acceptors (Lipinski definition) is 4. The monoisotopic (exact) mass is 496 g/mol. The number of nitrogens with one attached hydrogen (secondary N) is 2. The predicted molar refractivity (Wildman–Crippen MR) is 141 cm³/mol. The molecular formula is C28H36N2O4S. The summed E-state index contributed by atoms with van der Waals surface area (Å²) in [4.78, 5) is 14.0. The molecule has 3 aromatic rings. The molecule has 0 unspecified atom stereocenters. The van der Waals surface area contributed by atoms with Gasteiger partial charge < -0.3 is 14.8 Å². The molecule has 188 valence electrons. The van der Waals surface area contributed by atoms with Crippen molar-refractivity contribution in [1.29, 1.82) is 0 Å². The van der Waals surface area contributed by atoms with Crippen LogP contribution >= 0.6 is 0 Å². The molecule has 0 heterocycles. The van der Waals surface area contributed by atoms with Gasteiger partial charge in [0, 0.05) is 11.3 Å². The Bertz CT molecular complexity index is 1210. The predicted octanol–water partition coefficient (Wildman–Crippen LogP) is 4.53. The van der Waals surface area contributed by atoms with Crippen molar-refractivity contribution < 1.29 is 22.7 Å². The summed E-state index contributed by atoms with van der Waals surface area (Å²) in [6, 6.07) is 21.8. The van der Waals surface area contributed by atoms with Gasteiger partial charge in [-0.05, 0) is 76.9 Å². The van der Waals surface area contributed by atoms with Crippen LogP contribution in [0.25, 0.3) is 11.1 Å². The molecule has 0 aromatic heterocycles. The van der Waals surface area contributed by atoms with Gasteiger partial charge >= 0.3 is 0 Å². The van der Waals surface area contributed by atoms with E-state index in [1.165, 1.54) is 24.7 Å². The average Bonchev–Trinajstić information content (AvgIpc) is 2.79. The summed E-state index contributed by atoms with van der Waals surface area (Å²) < 4.78 is 33.4. The van der Waals surface area contributed by atoms with Gasteiger partial charge in [-0.1, -0.05) is 54.1 Å². The van der Waals surface area contributed by atoms with E-state index in [1.807, 2.05) is 43.3 Å². The van der Waals surface area contributed by atoms with Gasteiger partial charge in [-0.2, -0.15) is 0 Å². The Hall–Kier alpha value is -3.00. The molecule has 3 rings (SSSR count). The van der Waals surface area contributed by atoms with E-state index in [-0.39, 0.29) is 16.5 Å². The van der Waals surface area contributed by atoms with E-state index in [4.69, 9.17) is 0 Å². The summed E-state index contributed by atoms with van der Waals surface area (Å²) in [7, 11) is -4.58. The number of aryl methyl sites for hydroxylation is 1. The average molecular weight is 497 g/mol. The lowest BCUT2D eigenvalue weighted by Crippen LogP contribution is -3.17. The van der Waals surface area contributed by atoms with E-state index in [0.717, 1.165) is 34.8 Å². The van der Waals surface area contributed by atoms with Crippen LogP contribution in [-0.4, -0.2) is 37.5 Å². The molecule has 0 saturated heterocycles. The van der Waals surface area contributed by atoms with Gasteiger partial charge in [0.15, 0.2) is 0 Å². The van der Waals surface area contributed by atoms with E-state index in [2.05, 4.69) is 39.9 Å². The van der Waals surface area contributed by atoms with E-state index in [1.54, 1.807) is 17.0 Å². The molecule has 0 aliphatic rings. The van der Waals surface area contributed by atoms with Crippen LogP contribution < -0.4 is 10.2 Å². The number of quaternary nitrogens is 1. The van der Waals surface area contributed by atoms with Crippen LogP contribution in [0.2, 0.25) is 0 Å². The maximum atomic E-state index is 12.7. The number of benzene rings is 3. The van der Waals surface area contributed by atoms with Gasteiger partial charge in [0.05, 0.1) is 23.5 Å². The normalized spacial score (nSPS) is 11.4. The first-order valence-electron chi connectivity index (χ1n) is 11.8. The second kappa shape index (κ2) is 12.6. The standard InChI is InChI=1S/C20H17NO4S.C8H19N/c1-14-9-11-15(12-10-14)18-7-2-3-8-19(18)20(22)21-16-5-4-6-17(13-16)26(23,24)25;1-6-9(7(2)3)8(4)5/h2-13H,1H3,(H,21,22)(H,23,24,25);7-8H,6H2,1-5H3. The molecule has 3 aromatic carbocycles. The first-order chi connectivity index (χ1) is 16.4. The topological polar surface area (TPSA) is 90.7 Å². The number of amides is 1. The quantitative estimate of drug-likeness (QED) is 0.471. The van der Waals surface area contributed by atoms with Crippen LogP contribution in [0.1, 0.15) is 50.5 Å². The van der Waals surface area contributed by atoms with Crippen molar-refractivity contribution in [1.82, 2.24) is 0 Å². The first kappa shape index (κ1) is 28.2. The molecule has 0 spiro atoms. The van der Waals surface area contributed by atoms with Crippen molar-refractivity contribution >= 4 is 21.7 Å². The number of anilines is 1. The fourth-order valence-corrected chi connectivity index (χ4v) is 4.59. The lowest BCUT2D eigenvalue weighted by atomic mass is 9.98. The molecular weight excluding hydrogens is 460 g/mol. The van der Waals surface area contributed by atoms with Gasteiger partial charge in [0.25, 0.3) is 5.91 Å². The maximum Gasteiger partial charge on any atom is 0.256 e. The molecule has 2 N–H and O–H groups in total. The molecule has 0 saturated carbocycles. The molecule has 0 atom stereocenters. The minimum atomic E-state index is -4.58. The largest absolute Gasteiger partial charge is 0.744 e. The lowest BCUT2D eigenvalue weighted by molar-refractivity contribution is -0.940. The molecule has 0 fully saturated rings. The number of carbonyl (C=O) groups excluding carboxylic acids is 1. The van der Waals surface area contributed by atoms with Crippen molar-refractivity contribution in [2.45, 2.75) is 58.5 Å². The van der Waals surface area contributed by atoms with E-state index >= 15 is 0 Å². The number of carbonyl (C=O) groups is 1. The third-order valence-electron chi connectivity index (χ3n) is 5.81. The Kier molecular flexibility index (Phi) is 10.2. The number of hydrogen-bond donors (Lipinski definition) is 2. The summed E-state index contributed by atoms with van der Waals surface area (Å²) in [5.41, 5.74) is 3.47. The smallest absolute Gasteiger partial charge is 0.256 e. The summed E-state index contributed by atoms with van der Waals surface area (Å²) in [6.45, 7) is 14.6. The SMILES string of the molecule is CC[NH+](C(C)C)C(C)C.Cc1ccc(-c2ccccc2C(=O)Nc2cccc(S(=O)(=O)[O-])c2)cc1. The Balaban J connectivity index is 0.000000410. The summed E-state index contributed by atoms with van der Waals surface area (Å²) >= 11 is 0. The highest BCUT2D eigenvalue weighted by atomic mass is 32.2. The Morgan fingerprint density at radius 3 is 2.03 bits per heavy atom. The van der Waals surface area contributed by atoms with Crippen molar-refractivity contribution in [2.24, 2.45) is 0 Å². The Labute approximate surface area is 209 Å². The highest BCUT2D eigenvalue weighted by molar-refractivity contribution is 7.85. The molecule has 35 heavy (non-hydrogen) atoms. The Morgan fingerprint density at radius 1 is 0.914 bits per heavy atom. The minimum Gasteiger partial charge on any atom is -0.744 e. The Morgan fingerprint density at radius 2 is 1.51 bits per heavy atom. The molecule has 6 nitrogen and oxygen atoms in total. The fourth-order valence-electron chi connectivity index (χ4n) is 4.08. The molecule has 1 amide bonds. The van der Waals surface area contributed by atoms with Gasteiger partial charge in [-0.25, -0.2) is 8.42 Å². The third-order valence-corrected chi connectivity index (χ3v) is 6.64. The summed E-state index contributed by atoms with van der Waals surface area (Å²) in [6.07, 6.45) is 0. The van der Waals surface area contributed by atoms with Crippen LogP contribution in [-0.2, 0) is 10.1 Å². The van der Waals surface area contributed by atoms with Crippen molar-refractivity contribution in [2.75, 3.05) is 11.9 Å². The van der Waals surface area contributed by atoms with E-state index in [9.17, 15) is 17.8 Å². The zero-order valence-corrected chi connectivity index (χ0v) is 22.1. The van der Waals surface area contributed by atoms with Crippen molar-refractivity contribution in [3.05, 3.63) is 83.9 Å². The van der Waals surface area contributed by atoms with Crippen LogP contribution in [0.4, 0.5) is 5.69 Å². The molecule has 0 radical (unpaired) electrons. The number of rotatable bonds is 7. The molecule has 0 bridgehead atoms. The molecule has 0 aliphatic heterocycles. The van der Waals surface area contributed by atoms with Gasteiger partial charge in [0.2, 0.25) is 0 Å². The van der Waals surface area contributed by atoms with Crippen molar-refractivity contribution in [3.8, 4) is 11.1 Å². The van der Waals surface area contributed by atoms with Crippen LogP contribution in [0.15, 0.2) is 77.7 Å². The lowest BCUT2D eigenvalue weighted by Gasteiger charge is -2.25. The summed E-state index contributed by atoms with van der Waals surface area (Å²) in [5, 5.41) is 2.65.